The first-order chi connectivity index (χ1) is 7.21. The second-order valence-electron chi connectivity index (χ2n) is 4.80. The molecule has 0 aliphatic rings. The van der Waals surface area contributed by atoms with Crippen molar-refractivity contribution in [1.82, 2.24) is 0 Å². The molecule has 5 heteroatoms. The van der Waals surface area contributed by atoms with Crippen molar-refractivity contribution < 1.29 is 19.4 Å². The van der Waals surface area contributed by atoms with E-state index in [1.54, 1.807) is 7.11 Å². The van der Waals surface area contributed by atoms with E-state index in [9.17, 15) is 4.79 Å². The summed E-state index contributed by atoms with van der Waals surface area (Å²) in [5, 5.41) is 8.76. The van der Waals surface area contributed by atoms with Crippen LogP contribution in [0.4, 0.5) is 0 Å². The van der Waals surface area contributed by atoms with E-state index in [1.807, 2.05) is 13.8 Å². The van der Waals surface area contributed by atoms with Gasteiger partial charge in [0, 0.05) is 20.3 Å². The highest BCUT2D eigenvalue weighted by atomic mass is 16.5. The molecule has 1 unspecified atom stereocenters. The van der Waals surface area contributed by atoms with Gasteiger partial charge in [-0.15, -0.1) is 0 Å². The number of nitrogens with two attached hydrogens (primary N) is 1. The van der Waals surface area contributed by atoms with Crippen molar-refractivity contribution in [1.29, 1.82) is 0 Å². The van der Waals surface area contributed by atoms with Crippen LogP contribution in [0.3, 0.4) is 0 Å². The van der Waals surface area contributed by atoms with E-state index in [2.05, 4.69) is 0 Å². The number of aliphatic carboxylic acids is 1. The van der Waals surface area contributed by atoms with Gasteiger partial charge in [-0.2, -0.15) is 0 Å². The number of carboxylic acid groups (broad SMARTS) is 1. The minimum atomic E-state index is -1.21. The molecule has 0 aromatic carbocycles. The van der Waals surface area contributed by atoms with Crippen molar-refractivity contribution in [3.05, 3.63) is 0 Å². The van der Waals surface area contributed by atoms with Gasteiger partial charge in [0.25, 0.3) is 0 Å². The maximum absolute atomic E-state index is 10.7. The SMILES string of the molecule is COC(C)(C)CCOCCC(C)(N)C(=O)O. The number of carboxylic acids is 1. The number of ether oxygens (including phenoxy) is 2. The Balaban J connectivity index is 3.66. The monoisotopic (exact) mass is 233 g/mol. The van der Waals surface area contributed by atoms with Crippen molar-refractivity contribution >= 4 is 5.97 Å². The van der Waals surface area contributed by atoms with E-state index in [0.29, 0.717) is 19.6 Å². The van der Waals surface area contributed by atoms with E-state index in [1.165, 1.54) is 6.92 Å². The first kappa shape index (κ1) is 15.3. The molecular formula is C11H23NO4. The highest BCUT2D eigenvalue weighted by molar-refractivity contribution is 5.77. The van der Waals surface area contributed by atoms with Gasteiger partial charge in [0.05, 0.1) is 5.60 Å². The van der Waals surface area contributed by atoms with Gasteiger partial charge in [0.15, 0.2) is 0 Å². The Morgan fingerprint density at radius 1 is 1.25 bits per heavy atom. The van der Waals surface area contributed by atoms with Gasteiger partial charge >= 0.3 is 5.97 Å². The maximum Gasteiger partial charge on any atom is 0.323 e. The Bertz CT molecular complexity index is 226. The fraction of sp³-hybridized carbons (Fsp3) is 0.909. The topological polar surface area (TPSA) is 81.8 Å². The molecule has 0 bridgehead atoms. The molecule has 0 aromatic heterocycles. The maximum atomic E-state index is 10.7. The molecule has 5 nitrogen and oxygen atoms in total. The first-order valence-corrected chi connectivity index (χ1v) is 5.36. The van der Waals surface area contributed by atoms with Crippen LogP contribution in [0.2, 0.25) is 0 Å². The summed E-state index contributed by atoms with van der Waals surface area (Å²) in [6, 6.07) is 0. The van der Waals surface area contributed by atoms with Crippen LogP contribution in [-0.4, -0.2) is 42.5 Å². The lowest BCUT2D eigenvalue weighted by Gasteiger charge is -2.23. The molecule has 0 aliphatic heterocycles. The first-order valence-electron chi connectivity index (χ1n) is 5.36. The van der Waals surface area contributed by atoms with E-state index < -0.39 is 11.5 Å². The van der Waals surface area contributed by atoms with Crippen LogP contribution in [0, 0.1) is 0 Å². The van der Waals surface area contributed by atoms with Crippen molar-refractivity contribution in [2.24, 2.45) is 5.73 Å². The van der Waals surface area contributed by atoms with Crippen LogP contribution < -0.4 is 5.73 Å². The number of rotatable bonds is 8. The summed E-state index contributed by atoms with van der Waals surface area (Å²) >= 11 is 0. The Hall–Kier alpha value is -0.650. The summed E-state index contributed by atoms with van der Waals surface area (Å²) in [4.78, 5) is 10.7. The summed E-state index contributed by atoms with van der Waals surface area (Å²) in [5.41, 5.74) is 4.13. The average molecular weight is 233 g/mol. The van der Waals surface area contributed by atoms with Crippen molar-refractivity contribution in [3.8, 4) is 0 Å². The third-order valence-corrected chi connectivity index (χ3v) is 2.66. The molecule has 0 saturated heterocycles. The number of carbonyl (C=O) groups is 1. The van der Waals surface area contributed by atoms with Crippen LogP contribution in [0.15, 0.2) is 0 Å². The lowest BCUT2D eigenvalue weighted by atomic mass is 10.0. The minimum Gasteiger partial charge on any atom is -0.480 e. The Labute approximate surface area is 96.9 Å². The lowest BCUT2D eigenvalue weighted by Crippen LogP contribution is -2.45. The van der Waals surface area contributed by atoms with Gasteiger partial charge in [-0.05, 0) is 33.6 Å². The molecule has 0 aliphatic carbocycles. The molecule has 1 atom stereocenters. The molecule has 0 fully saturated rings. The standard InChI is InChI=1S/C11H23NO4/c1-10(2,15-4)5-7-16-8-6-11(3,12)9(13)14/h5-8,12H2,1-4H3,(H,13,14). The number of methoxy groups -OCH3 is 1. The van der Waals surface area contributed by atoms with Crippen LogP contribution in [0.25, 0.3) is 0 Å². The van der Waals surface area contributed by atoms with E-state index in [0.717, 1.165) is 6.42 Å². The second kappa shape index (κ2) is 6.18. The zero-order chi connectivity index (χ0) is 12.8. The van der Waals surface area contributed by atoms with Gasteiger partial charge < -0.3 is 20.3 Å². The van der Waals surface area contributed by atoms with Gasteiger partial charge in [0.1, 0.15) is 5.54 Å². The van der Waals surface area contributed by atoms with Crippen LogP contribution in [-0.2, 0) is 14.3 Å². The molecule has 16 heavy (non-hydrogen) atoms. The lowest BCUT2D eigenvalue weighted by molar-refractivity contribution is -0.143. The molecule has 0 radical (unpaired) electrons. The van der Waals surface area contributed by atoms with Crippen LogP contribution >= 0.6 is 0 Å². The van der Waals surface area contributed by atoms with Gasteiger partial charge in [0.2, 0.25) is 0 Å². The predicted octanol–water partition coefficient (Wildman–Crippen LogP) is 1.01. The molecule has 96 valence electrons. The molecule has 0 amide bonds. The largest absolute Gasteiger partial charge is 0.480 e. The van der Waals surface area contributed by atoms with Crippen LogP contribution in [0.1, 0.15) is 33.6 Å². The highest BCUT2D eigenvalue weighted by Crippen LogP contribution is 2.13. The second-order valence-corrected chi connectivity index (χ2v) is 4.80. The smallest absolute Gasteiger partial charge is 0.323 e. The Morgan fingerprint density at radius 3 is 2.19 bits per heavy atom. The molecule has 0 saturated carbocycles. The fourth-order valence-corrected chi connectivity index (χ4v) is 0.913. The van der Waals surface area contributed by atoms with Crippen LogP contribution in [0.5, 0.6) is 0 Å². The Morgan fingerprint density at radius 2 is 1.75 bits per heavy atom. The summed E-state index contributed by atoms with van der Waals surface area (Å²) in [6.45, 7) is 6.31. The van der Waals surface area contributed by atoms with E-state index in [-0.39, 0.29) is 5.60 Å². The zero-order valence-electron chi connectivity index (χ0n) is 10.6. The third-order valence-electron chi connectivity index (χ3n) is 2.66. The predicted molar refractivity (Wildman–Crippen MR) is 61.4 cm³/mol. The fourth-order valence-electron chi connectivity index (χ4n) is 0.913. The van der Waals surface area contributed by atoms with E-state index in [4.69, 9.17) is 20.3 Å². The van der Waals surface area contributed by atoms with Gasteiger partial charge in [-0.1, -0.05) is 0 Å². The quantitative estimate of drug-likeness (QED) is 0.611. The average Bonchev–Trinajstić information content (AvgIpc) is 2.16. The van der Waals surface area contributed by atoms with Crippen molar-refractivity contribution in [3.63, 3.8) is 0 Å². The molecule has 0 aromatic rings. The molecule has 3 N–H and O–H groups in total. The van der Waals surface area contributed by atoms with Crippen molar-refractivity contribution in [2.75, 3.05) is 20.3 Å². The summed E-state index contributed by atoms with van der Waals surface area (Å²) in [6.07, 6.45) is 1.06. The minimum absolute atomic E-state index is 0.210. The highest BCUT2D eigenvalue weighted by Gasteiger charge is 2.27. The third kappa shape index (κ3) is 6.05. The molecular weight excluding hydrogens is 210 g/mol. The molecule has 0 heterocycles. The zero-order valence-corrected chi connectivity index (χ0v) is 10.6. The summed E-state index contributed by atoms with van der Waals surface area (Å²) in [7, 11) is 1.65. The normalized spacial score (nSPS) is 15.8. The summed E-state index contributed by atoms with van der Waals surface area (Å²) in [5.74, 6) is -1.01. The van der Waals surface area contributed by atoms with Gasteiger partial charge in [-0.3, -0.25) is 4.79 Å². The molecule has 0 spiro atoms. The summed E-state index contributed by atoms with van der Waals surface area (Å²) < 4.78 is 10.6. The number of hydrogen-bond acceptors (Lipinski definition) is 4. The number of hydrogen-bond donors (Lipinski definition) is 2. The van der Waals surface area contributed by atoms with E-state index >= 15 is 0 Å². The van der Waals surface area contributed by atoms with Gasteiger partial charge in [-0.25, -0.2) is 0 Å². The van der Waals surface area contributed by atoms with Crippen molar-refractivity contribution in [2.45, 2.75) is 44.8 Å². The Kier molecular flexibility index (Phi) is 5.92. The molecule has 0 rings (SSSR count).